The van der Waals surface area contributed by atoms with Gasteiger partial charge in [0.1, 0.15) is 4.90 Å². The van der Waals surface area contributed by atoms with Gasteiger partial charge in [0.05, 0.1) is 5.69 Å². The van der Waals surface area contributed by atoms with Crippen molar-refractivity contribution in [3.8, 4) is 0 Å². The highest BCUT2D eigenvalue weighted by Gasteiger charge is 2.33. The van der Waals surface area contributed by atoms with Gasteiger partial charge in [-0.05, 0) is 24.1 Å². The molecule has 1 aliphatic rings. The first-order chi connectivity index (χ1) is 8.82. The molecule has 1 saturated heterocycles. The van der Waals surface area contributed by atoms with E-state index in [0.717, 1.165) is 0 Å². The summed E-state index contributed by atoms with van der Waals surface area (Å²) in [5.41, 5.74) is 6.09. The van der Waals surface area contributed by atoms with Crippen molar-refractivity contribution in [2.75, 3.05) is 22.5 Å². The maximum Gasteiger partial charge on any atom is 0.296 e. The van der Waals surface area contributed by atoms with Crippen LogP contribution in [0.5, 0.6) is 0 Å². The standard InChI is InChI=1S/C11H13BrN2O4S/c12-5-7-3-11(15)14(6-7)9-4-8(13)1-2-10(9)19(16,17)18/h1-2,4,7H,3,5-6,13H2,(H,16,17,18). The minimum Gasteiger partial charge on any atom is -0.399 e. The second kappa shape index (κ2) is 5.10. The number of hydrogen-bond donors (Lipinski definition) is 2. The van der Waals surface area contributed by atoms with Crippen molar-refractivity contribution < 1.29 is 17.8 Å². The number of rotatable bonds is 3. The summed E-state index contributed by atoms with van der Waals surface area (Å²) in [7, 11) is -4.40. The van der Waals surface area contributed by atoms with Crippen LogP contribution in [0.2, 0.25) is 0 Å². The van der Waals surface area contributed by atoms with Crippen LogP contribution in [-0.2, 0) is 14.9 Å². The predicted octanol–water partition coefficient (Wildman–Crippen LogP) is 1.26. The van der Waals surface area contributed by atoms with Crippen molar-refractivity contribution in [1.82, 2.24) is 0 Å². The Labute approximate surface area is 119 Å². The van der Waals surface area contributed by atoms with Crippen LogP contribution in [0.25, 0.3) is 0 Å². The van der Waals surface area contributed by atoms with Gasteiger partial charge in [-0.2, -0.15) is 8.42 Å². The van der Waals surface area contributed by atoms with Gasteiger partial charge in [-0.3, -0.25) is 9.35 Å². The minimum atomic E-state index is -4.40. The maximum atomic E-state index is 11.9. The quantitative estimate of drug-likeness (QED) is 0.486. The van der Waals surface area contributed by atoms with E-state index in [9.17, 15) is 17.8 Å². The lowest BCUT2D eigenvalue weighted by Crippen LogP contribution is -2.26. The minimum absolute atomic E-state index is 0.114. The Bertz CT molecular complexity index is 617. The predicted molar refractivity (Wildman–Crippen MR) is 74.9 cm³/mol. The van der Waals surface area contributed by atoms with Crippen molar-refractivity contribution >= 4 is 43.3 Å². The molecule has 0 saturated carbocycles. The molecule has 104 valence electrons. The van der Waals surface area contributed by atoms with E-state index >= 15 is 0 Å². The molecule has 1 heterocycles. The third-order valence-corrected chi connectivity index (χ3v) is 4.79. The number of nitrogen functional groups attached to an aromatic ring is 1. The lowest BCUT2D eigenvalue weighted by Gasteiger charge is -2.19. The molecule has 2 rings (SSSR count). The number of alkyl halides is 1. The Morgan fingerprint density at radius 1 is 1.47 bits per heavy atom. The highest BCUT2D eigenvalue weighted by atomic mass is 79.9. The highest BCUT2D eigenvalue weighted by molar-refractivity contribution is 9.09. The smallest absolute Gasteiger partial charge is 0.296 e. The fourth-order valence-electron chi connectivity index (χ4n) is 2.08. The van der Waals surface area contributed by atoms with E-state index in [2.05, 4.69) is 15.9 Å². The maximum absolute atomic E-state index is 11.9. The van der Waals surface area contributed by atoms with Crippen LogP contribution in [0.15, 0.2) is 23.1 Å². The molecule has 0 radical (unpaired) electrons. The fraction of sp³-hybridized carbons (Fsp3) is 0.364. The number of anilines is 2. The van der Waals surface area contributed by atoms with E-state index < -0.39 is 10.1 Å². The van der Waals surface area contributed by atoms with E-state index in [-0.39, 0.29) is 22.4 Å². The number of hydrogen-bond acceptors (Lipinski definition) is 4. The van der Waals surface area contributed by atoms with Crippen LogP contribution in [0, 0.1) is 5.92 Å². The number of nitrogens with two attached hydrogens (primary N) is 1. The Hall–Kier alpha value is -1.12. The number of carbonyl (C=O) groups excluding carboxylic acids is 1. The summed E-state index contributed by atoms with van der Waals surface area (Å²) in [6, 6.07) is 3.96. The average Bonchev–Trinajstić information content (AvgIpc) is 2.68. The normalized spacial score (nSPS) is 20.0. The molecule has 1 aromatic carbocycles. The molecular formula is C11H13BrN2O4S. The molecular weight excluding hydrogens is 336 g/mol. The van der Waals surface area contributed by atoms with E-state index in [0.29, 0.717) is 24.0 Å². The zero-order chi connectivity index (χ0) is 14.2. The summed E-state index contributed by atoms with van der Waals surface area (Å²) in [4.78, 5) is 13.0. The molecule has 6 nitrogen and oxygen atoms in total. The molecule has 1 fully saturated rings. The topological polar surface area (TPSA) is 101 Å². The van der Waals surface area contributed by atoms with Crippen LogP contribution in [0.4, 0.5) is 11.4 Å². The summed E-state index contributed by atoms with van der Waals surface area (Å²) in [5, 5.41) is 0.652. The fourth-order valence-corrected chi connectivity index (χ4v) is 3.19. The molecule has 1 unspecified atom stereocenters. The van der Waals surface area contributed by atoms with Crippen molar-refractivity contribution in [1.29, 1.82) is 0 Å². The number of halogens is 1. The first kappa shape index (κ1) is 14.3. The van der Waals surface area contributed by atoms with Gasteiger partial charge in [0.25, 0.3) is 10.1 Å². The largest absolute Gasteiger partial charge is 0.399 e. The zero-order valence-electron chi connectivity index (χ0n) is 9.91. The van der Waals surface area contributed by atoms with E-state index in [1.54, 1.807) is 0 Å². The summed E-state index contributed by atoms with van der Waals surface area (Å²) in [5.74, 6) is -0.0665. The second-order valence-electron chi connectivity index (χ2n) is 4.43. The molecule has 1 amide bonds. The summed E-state index contributed by atoms with van der Waals surface area (Å²) in [6.07, 6.45) is 0.338. The number of carbonyl (C=O) groups is 1. The number of amides is 1. The molecule has 19 heavy (non-hydrogen) atoms. The highest BCUT2D eigenvalue weighted by Crippen LogP contribution is 2.32. The van der Waals surface area contributed by atoms with Crippen molar-refractivity contribution in [3.05, 3.63) is 18.2 Å². The molecule has 0 aliphatic carbocycles. The van der Waals surface area contributed by atoms with E-state index in [4.69, 9.17) is 5.73 Å². The molecule has 1 aliphatic heterocycles. The third kappa shape index (κ3) is 2.90. The van der Waals surface area contributed by atoms with Gasteiger partial charge in [-0.25, -0.2) is 0 Å². The lowest BCUT2D eigenvalue weighted by atomic mass is 10.2. The Balaban J connectivity index is 2.50. The Kier molecular flexibility index (Phi) is 3.84. The van der Waals surface area contributed by atoms with Gasteiger partial charge < -0.3 is 10.6 Å². The first-order valence-electron chi connectivity index (χ1n) is 5.56. The van der Waals surface area contributed by atoms with Gasteiger partial charge >= 0.3 is 0 Å². The summed E-state index contributed by atoms with van der Waals surface area (Å²) in [6.45, 7) is 0.399. The first-order valence-corrected chi connectivity index (χ1v) is 8.12. The van der Waals surface area contributed by atoms with Crippen LogP contribution in [0.3, 0.4) is 0 Å². The zero-order valence-corrected chi connectivity index (χ0v) is 12.3. The van der Waals surface area contributed by atoms with Crippen LogP contribution >= 0.6 is 15.9 Å². The van der Waals surface area contributed by atoms with Crippen molar-refractivity contribution in [3.63, 3.8) is 0 Å². The average molecular weight is 349 g/mol. The van der Waals surface area contributed by atoms with E-state index in [1.165, 1.54) is 23.1 Å². The molecule has 8 heteroatoms. The molecule has 1 atom stereocenters. The molecule has 1 aromatic rings. The van der Waals surface area contributed by atoms with E-state index in [1.807, 2.05) is 0 Å². The van der Waals surface area contributed by atoms with Gasteiger partial charge in [-0.1, -0.05) is 15.9 Å². The number of nitrogens with zero attached hydrogens (tertiary/aromatic N) is 1. The second-order valence-corrected chi connectivity index (χ2v) is 6.47. The molecule has 0 bridgehead atoms. The van der Waals surface area contributed by atoms with Gasteiger partial charge in [0.15, 0.2) is 0 Å². The number of benzene rings is 1. The summed E-state index contributed by atoms with van der Waals surface area (Å²) < 4.78 is 31.9. The lowest BCUT2D eigenvalue weighted by molar-refractivity contribution is -0.117. The monoisotopic (exact) mass is 348 g/mol. The van der Waals surface area contributed by atoms with Crippen molar-refractivity contribution in [2.24, 2.45) is 5.92 Å². The van der Waals surface area contributed by atoms with Gasteiger partial charge in [-0.15, -0.1) is 0 Å². The Morgan fingerprint density at radius 3 is 2.68 bits per heavy atom. The molecule has 0 spiro atoms. The molecule has 3 N–H and O–H groups in total. The van der Waals surface area contributed by atoms with Crippen LogP contribution in [0.1, 0.15) is 6.42 Å². The van der Waals surface area contributed by atoms with Crippen molar-refractivity contribution in [2.45, 2.75) is 11.3 Å². The Morgan fingerprint density at radius 2 is 2.16 bits per heavy atom. The van der Waals surface area contributed by atoms with Crippen LogP contribution in [-0.4, -0.2) is 30.8 Å². The van der Waals surface area contributed by atoms with Crippen LogP contribution < -0.4 is 10.6 Å². The summed E-state index contributed by atoms with van der Waals surface area (Å²) >= 11 is 3.30. The molecule has 0 aromatic heterocycles. The van der Waals surface area contributed by atoms with Gasteiger partial charge in [0.2, 0.25) is 5.91 Å². The third-order valence-electron chi connectivity index (χ3n) is 2.98. The SMILES string of the molecule is Nc1ccc(S(=O)(=O)O)c(N2CC(CBr)CC2=O)c1. The van der Waals surface area contributed by atoms with Gasteiger partial charge in [0, 0.05) is 24.0 Å².